The first kappa shape index (κ1) is 13.6. The number of nitrogens with one attached hydrogen (secondary N) is 1. The summed E-state index contributed by atoms with van der Waals surface area (Å²) in [7, 11) is 2.11. The monoisotopic (exact) mass is 233 g/mol. The molecule has 0 aliphatic rings. The number of amidine groups is 1. The van der Waals surface area contributed by atoms with E-state index < -0.39 is 0 Å². The van der Waals surface area contributed by atoms with Crippen molar-refractivity contribution in [2.45, 2.75) is 33.1 Å². The summed E-state index contributed by atoms with van der Waals surface area (Å²) in [4.78, 5) is 2.26. The van der Waals surface area contributed by atoms with Crippen LogP contribution in [0.4, 0.5) is 5.69 Å². The number of hydrogen-bond acceptors (Lipinski definition) is 2. The SMILES string of the molecule is CCCCCN(C)c1ccc(C(=N)N)c(C)c1. The highest BCUT2D eigenvalue weighted by molar-refractivity contribution is 5.96. The fraction of sp³-hybridized carbons (Fsp3) is 0.500. The molecule has 0 saturated heterocycles. The third kappa shape index (κ3) is 3.77. The molecule has 1 aromatic rings. The van der Waals surface area contributed by atoms with Gasteiger partial charge in [0.15, 0.2) is 0 Å². The zero-order chi connectivity index (χ0) is 12.8. The predicted octanol–water partition coefficient (Wildman–Crippen LogP) is 2.91. The zero-order valence-electron chi connectivity index (χ0n) is 11.1. The maximum Gasteiger partial charge on any atom is 0.123 e. The van der Waals surface area contributed by atoms with Gasteiger partial charge >= 0.3 is 0 Å². The van der Waals surface area contributed by atoms with Gasteiger partial charge in [0.05, 0.1) is 0 Å². The molecule has 0 bridgehead atoms. The first-order valence-electron chi connectivity index (χ1n) is 6.22. The molecule has 3 N–H and O–H groups in total. The summed E-state index contributed by atoms with van der Waals surface area (Å²) in [6, 6.07) is 6.07. The molecular formula is C14H23N3. The van der Waals surface area contributed by atoms with E-state index in [2.05, 4.69) is 24.9 Å². The molecule has 0 aromatic heterocycles. The minimum absolute atomic E-state index is 0.141. The number of rotatable bonds is 6. The number of nitrogen functional groups attached to an aromatic ring is 1. The van der Waals surface area contributed by atoms with Crippen LogP contribution in [0.2, 0.25) is 0 Å². The number of nitrogens with zero attached hydrogens (tertiary/aromatic N) is 1. The number of nitrogens with two attached hydrogens (primary N) is 1. The predicted molar refractivity (Wildman–Crippen MR) is 75.0 cm³/mol. The fourth-order valence-electron chi connectivity index (χ4n) is 1.92. The van der Waals surface area contributed by atoms with Crippen LogP contribution in [-0.4, -0.2) is 19.4 Å². The van der Waals surface area contributed by atoms with Gasteiger partial charge < -0.3 is 10.6 Å². The lowest BCUT2D eigenvalue weighted by Crippen LogP contribution is -2.19. The van der Waals surface area contributed by atoms with Crippen LogP contribution in [0.5, 0.6) is 0 Å². The van der Waals surface area contributed by atoms with E-state index in [0.717, 1.165) is 17.7 Å². The van der Waals surface area contributed by atoms with Crippen molar-refractivity contribution in [3.8, 4) is 0 Å². The average molecular weight is 233 g/mol. The summed E-state index contributed by atoms with van der Waals surface area (Å²) in [5.41, 5.74) is 8.60. The minimum Gasteiger partial charge on any atom is -0.384 e. The number of hydrogen-bond donors (Lipinski definition) is 2. The molecule has 0 amide bonds. The van der Waals surface area contributed by atoms with Crippen LogP contribution in [-0.2, 0) is 0 Å². The maximum absolute atomic E-state index is 7.45. The normalized spacial score (nSPS) is 10.3. The molecule has 1 rings (SSSR count). The van der Waals surface area contributed by atoms with E-state index in [1.54, 1.807) is 0 Å². The van der Waals surface area contributed by atoms with Gasteiger partial charge in [-0.1, -0.05) is 19.8 Å². The van der Waals surface area contributed by atoms with Crippen LogP contribution in [0.25, 0.3) is 0 Å². The second-order valence-corrected chi connectivity index (χ2v) is 4.54. The number of anilines is 1. The molecular weight excluding hydrogens is 210 g/mol. The van der Waals surface area contributed by atoms with Gasteiger partial charge in [-0.25, -0.2) is 0 Å². The van der Waals surface area contributed by atoms with E-state index in [-0.39, 0.29) is 5.84 Å². The van der Waals surface area contributed by atoms with Crippen molar-refractivity contribution in [1.82, 2.24) is 0 Å². The second kappa shape index (κ2) is 6.28. The molecule has 0 aliphatic heterocycles. The van der Waals surface area contributed by atoms with E-state index >= 15 is 0 Å². The Morgan fingerprint density at radius 3 is 2.59 bits per heavy atom. The molecule has 0 spiro atoms. The van der Waals surface area contributed by atoms with Crippen molar-refractivity contribution in [3.05, 3.63) is 29.3 Å². The standard InChI is InChI=1S/C14H23N3/c1-4-5-6-9-17(3)12-7-8-13(14(15)16)11(2)10-12/h7-8,10H,4-6,9H2,1-3H3,(H3,15,16). The summed E-state index contributed by atoms with van der Waals surface area (Å²) in [6.45, 7) is 5.29. The zero-order valence-corrected chi connectivity index (χ0v) is 11.1. The largest absolute Gasteiger partial charge is 0.384 e. The van der Waals surface area contributed by atoms with Crippen LogP contribution in [0.3, 0.4) is 0 Å². The van der Waals surface area contributed by atoms with Crippen LogP contribution < -0.4 is 10.6 Å². The summed E-state index contributed by atoms with van der Waals surface area (Å²) >= 11 is 0. The average Bonchev–Trinajstić information content (AvgIpc) is 2.28. The quantitative estimate of drug-likeness (QED) is 0.451. The summed E-state index contributed by atoms with van der Waals surface area (Å²) in [5, 5.41) is 7.45. The van der Waals surface area contributed by atoms with Crippen molar-refractivity contribution >= 4 is 11.5 Å². The molecule has 1 aromatic carbocycles. The molecule has 0 heterocycles. The molecule has 3 heteroatoms. The maximum atomic E-state index is 7.45. The highest BCUT2D eigenvalue weighted by atomic mass is 15.1. The first-order chi connectivity index (χ1) is 8.06. The smallest absolute Gasteiger partial charge is 0.123 e. The molecule has 0 aliphatic carbocycles. The van der Waals surface area contributed by atoms with Crippen molar-refractivity contribution in [2.75, 3.05) is 18.5 Å². The van der Waals surface area contributed by atoms with Crippen LogP contribution in [0.15, 0.2) is 18.2 Å². The lowest BCUT2D eigenvalue weighted by atomic mass is 10.1. The minimum atomic E-state index is 0.141. The van der Waals surface area contributed by atoms with Gasteiger partial charge in [0.1, 0.15) is 5.84 Å². The van der Waals surface area contributed by atoms with Crippen molar-refractivity contribution < 1.29 is 0 Å². The molecule has 0 radical (unpaired) electrons. The lowest BCUT2D eigenvalue weighted by molar-refractivity contribution is 0.705. The Hall–Kier alpha value is -1.51. The highest BCUT2D eigenvalue weighted by Crippen LogP contribution is 2.18. The summed E-state index contributed by atoms with van der Waals surface area (Å²) in [6.07, 6.45) is 3.74. The molecule has 0 saturated carbocycles. The summed E-state index contributed by atoms with van der Waals surface area (Å²) < 4.78 is 0. The van der Waals surface area contributed by atoms with Crippen LogP contribution in [0.1, 0.15) is 37.3 Å². The molecule has 94 valence electrons. The van der Waals surface area contributed by atoms with E-state index in [0.29, 0.717) is 0 Å². The summed E-state index contributed by atoms with van der Waals surface area (Å²) in [5.74, 6) is 0.141. The Morgan fingerprint density at radius 2 is 2.06 bits per heavy atom. The van der Waals surface area contributed by atoms with Crippen LogP contribution in [0, 0.1) is 12.3 Å². The van der Waals surface area contributed by atoms with Gasteiger partial charge in [0, 0.05) is 24.8 Å². The highest BCUT2D eigenvalue weighted by Gasteiger charge is 2.05. The van der Waals surface area contributed by atoms with Gasteiger partial charge in [0.25, 0.3) is 0 Å². The Labute approximate surface area is 104 Å². The Balaban J connectivity index is 2.72. The molecule has 3 nitrogen and oxygen atoms in total. The first-order valence-corrected chi connectivity index (χ1v) is 6.22. The number of unbranched alkanes of at least 4 members (excludes halogenated alkanes) is 2. The topological polar surface area (TPSA) is 53.1 Å². The van der Waals surface area contributed by atoms with E-state index in [9.17, 15) is 0 Å². The van der Waals surface area contributed by atoms with Gasteiger partial charge in [-0.3, -0.25) is 5.41 Å². The Bertz CT molecular complexity index is 385. The van der Waals surface area contributed by atoms with Gasteiger partial charge in [-0.2, -0.15) is 0 Å². The van der Waals surface area contributed by atoms with Gasteiger partial charge in [0.2, 0.25) is 0 Å². The molecule has 0 fully saturated rings. The lowest BCUT2D eigenvalue weighted by Gasteiger charge is -2.20. The Kier molecular flexibility index (Phi) is 5.01. The number of aryl methyl sites for hydroxylation is 1. The van der Waals surface area contributed by atoms with E-state index in [4.69, 9.17) is 11.1 Å². The van der Waals surface area contributed by atoms with Crippen molar-refractivity contribution in [3.63, 3.8) is 0 Å². The third-order valence-electron chi connectivity index (χ3n) is 3.04. The van der Waals surface area contributed by atoms with E-state index in [1.807, 2.05) is 19.1 Å². The molecule has 0 unspecified atom stereocenters. The molecule has 0 atom stereocenters. The molecule has 17 heavy (non-hydrogen) atoms. The van der Waals surface area contributed by atoms with Crippen molar-refractivity contribution in [1.29, 1.82) is 5.41 Å². The van der Waals surface area contributed by atoms with E-state index in [1.165, 1.54) is 24.9 Å². The fourth-order valence-corrected chi connectivity index (χ4v) is 1.92. The number of benzene rings is 1. The van der Waals surface area contributed by atoms with Crippen LogP contribution >= 0.6 is 0 Å². The Morgan fingerprint density at radius 1 is 1.35 bits per heavy atom. The van der Waals surface area contributed by atoms with Gasteiger partial charge in [-0.15, -0.1) is 0 Å². The third-order valence-corrected chi connectivity index (χ3v) is 3.04. The van der Waals surface area contributed by atoms with Crippen molar-refractivity contribution in [2.24, 2.45) is 5.73 Å². The second-order valence-electron chi connectivity index (χ2n) is 4.54. The van der Waals surface area contributed by atoms with Gasteiger partial charge in [-0.05, 0) is 37.1 Å².